The van der Waals surface area contributed by atoms with E-state index in [0.29, 0.717) is 17.4 Å². The Kier molecular flexibility index (Phi) is 3.17. The fourth-order valence-corrected chi connectivity index (χ4v) is 2.10. The zero-order valence-corrected chi connectivity index (χ0v) is 11.9. The van der Waals surface area contributed by atoms with Crippen molar-refractivity contribution in [1.82, 2.24) is 15.1 Å². The highest BCUT2D eigenvalue weighted by Gasteiger charge is 2.30. The molecular weight excluding hydrogens is 264 g/mol. The van der Waals surface area contributed by atoms with Crippen molar-refractivity contribution in [2.24, 2.45) is 0 Å². The molecule has 3 rings (SSSR count). The van der Waals surface area contributed by atoms with Crippen LogP contribution < -0.4 is 5.73 Å². The molecule has 0 saturated carbocycles. The number of nitrogens with zero attached hydrogens (tertiary/aromatic N) is 3. The van der Waals surface area contributed by atoms with Crippen LogP contribution >= 0.6 is 0 Å². The van der Waals surface area contributed by atoms with Gasteiger partial charge in [0.1, 0.15) is 5.69 Å². The molecule has 3 aromatic rings. The van der Waals surface area contributed by atoms with Gasteiger partial charge in [0, 0.05) is 11.9 Å². The van der Waals surface area contributed by atoms with Crippen molar-refractivity contribution in [2.45, 2.75) is 19.3 Å². The fourth-order valence-electron chi connectivity index (χ4n) is 2.10. The van der Waals surface area contributed by atoms with Gasteiger partial charge in [0.25, 0.3) is 0 Å². The summed E-state index contributed by atoms with van der Waals surface area (Å²) in [5, 5.41) is 4.02. The molecule has 0 unspecified atom stereocenters. The minimum atomic E-state index is -0.395. The van der Waals surface area contributed by atoms with Gasteiger partial charge in [-0.2, -0.15) is 4.98 Å². The maximum atomic E-state index is 5.73. The highest BCUT2D eigenvalue weighted by Crippen LogP contribution is 2.31. The number of nitrogens with two attached hydrogens (primary N) is 1. The van der Waals surface area contributed by atoms with Gasteiger partial charge >= 0.3 is 0 Å². The summed E-state index contributed by atoms with van der Waals surface area (Å²) in [5.74, 6) is 1.04. The molecule has 0 aliphatic heterocycles. The largest absolute Gasteiger partial charge is 0.399 e. The van der Waals surface area contributed by atoms with Gasteiger partial charge in [0.05, 0.1) is 5.41 Å². The van der Waals surface area contributed by atoms with Gasteiger partial charge in [0.2, 0.25) is 11.7 Å². The van der Waals surface area contributed by atoms with Gasteiger partial charge in [0.15, 0.2) is 0 Å². The van der Waals surface area contributed by atoms with Crippen LogP contribution in [0.2, 0.25) is 0 Å². The van der Waals surface area contributed by atoms with Crippen LogP contribution in [0, 0.1) is 0 Å². The monoisotopic (exact) mass is 280 g/mol. The molecule has 106 valence electrons. The third kappa shape index (κ3) is 2.50. The summed E-state index contributed by atoms with van der Waals surface area (Å²) < 4.78 is 5.44. The number of anilines is 1. The molecule has 0 bridgehead atoms. The Bertz CT molecular complexity index is 732. The lowest BCUT2D eigenvalue weighted by Gasteiger charge is -2.20. The SMILES string of the molecule is CC(C)(c1ccc(N)cc1)c1nc(-c2ccccn2)no1. The molecule has 0 aliphatic carbocycles. The average molecular weight is 280 g/mol. The fraction of sp³-hybridized carbons (Fsp3) is 0.188. The number of aromatic nitrogens is 3. The van der Waals surface area contributed by atoms with Crippen molar-refractivity contribution in [3.05, 3.63) is 60.1 Å². The third-order valence-electron chi connectivity index (χ3n) is 3.49. The zero-order valence-electron chi connectivity index (χ0n) is 11.9. The second-order valence-electron chi connectivity index (χ2n) is 5.39. The predicted molar refractivity (Wildman–Crippen MR) is 80.5 cm³/mol. The van der Waals surface area contributed by atoms with Gasteiger partial charge in [-0.05, 0) is 43.7 Å². The smallest absolute Gasteiger partial charge is 0.237 e. The number of rotatable bonds is 3. The van der Waals surface area contributed by atoms with Gasteiger partial charge in [-0.25, -0.2) is 0 Å². The number of hydrogen-bond acceptors (Lipinski definition) is 5. The van der Waals surface area contributed by atoms with Crippen molar-refractivity contribution in [2.75, 3.05) is 5.73 Å². The summed E-state index contributed by atoms with van der Waals surface area (Å²) in [7, 11) is 0. The van der Waals surface area contributed by atoms with E-state index >= 15 is 0 Å². The molecule has 2 heterocycles. The summed E-state index contributed by atoms with van der Waals surface area (Å²) in [5.41, 5.74) is 7.82. The lowest BCUT2D eigenvalue weighted by atomic mass is 9.84. The van der Waals surface area contributed by atoms with Crippen LogP contribution in [0.25, 0.3) is 11.5 Å². The van der Waals surface area contributed by atoms with E-state index in [1.165, 1.54) is 0 Å². The number of benzene rings is 1. The Morgan fingerprint density at radius 2 is 1.81 bits per heavy atom. The van der Waals surface area contributed by atoms with E-state index in [0.717, 1.165) is 11.3 Å². The van der Waals surface area contributed by atoms with Gasteiger partial charge < -0.3 is 10.3 Å². The van der Waals surface area contributed by atoms with Crippen molar-refractivity contribution in [1.29, 1.82) is 0 Å². The van der Waals surface area contributed by atoms with Crippen LogP contribution in [-0.2, 0) is 5.41 Å². The summed E-state index contributed by atoms with van der Waals surface area (Å²) in [4.78, 5) is 8.71. The molecule has 21 heavy (non-hydrogen) atoms. The lowest BCUT2D eigenvalue weighted by Crippen LogP contribution is -2.19. The van der Waals surface area contributed by atoms with E-state index in [4.69, 9.17) is 10.3 Å². The van der Waals surface area contributed by atoms with E-state index in [1.54, 1.807) is 6.20 Å². The van der Waals surface area contributed by atoms with Crippen LogP contribution in [0.3, 0.4) is 0 Å². The second kappa shape index (κ2) is 5.01. The van der Waals surface area contributed by atoms with Gasteiger partial charge in [-0.3, -0.25) is 4.98 Å². The Morgan fingerprint density at radius 1 is 1.05 bits per heavy atom. The molecule has 0 radical (unpaired) electrons. The first-order chi connectivity index (χ1) is 10.1. The summed E-state index contributed by atoms with van der Waals surface area (Å²) in [6.07, 6.45) is 1.70. The van der Waals surface area contributed by atoms with E-state index in [1.807, 2.05) is 56.3 Å². The van der Waals surface area contributed by atoms with Gasteiger partial charge in [-0.15, -0.1) is 0 Å². The first-order valence-electron chi connectivity index (χ1n) is 6.69. The van der Waals surface area contributed by atoms with E-state index in [2.05, 4.69) is 15.1 Å². The van der Waals surface area contributed by atoms with Crippen molar-refractivity contribution < 1.29 is 4.52 Å². The Balaban J connectivity index is 1.97. The molecule has 2 aromatic heterocycles. The van der Waals surface area contributed by atoms with Gasteiger partial charge in [-0.1, -0.05) is 23.4 Å². The first kappa shape index (κ1) is 13.3. The summed E-state index contributed by atoms with van der Waals surface area (Å²) in [6.45, 7) is 4.07. The van der Waals surface area contributed by atoms with Crippen molar-refractivity contribution in [3.63, 3.8) is 0 Å². The highest BCUT2D eigenvalue weighted by atomic mass is 16.5. The number of nitrogen functional groups attached to an aromatic ring is 1. The minimum absolute atomic E-state index is 0.395. The van der Waals surface area contributed by atoms with Crippen LogP contribution in [0.4, 0.5) is 5.69 Å². The minimum Gasteiger partial charge on any atom is -0.399 e. The Morgan fingerprint density at radius 3 is 2.48 bits per heavy atom. The first-order valence-corrected chi connectivity index (χ1v) is 6.69. The number of hydrogen-bond donors (Lipinski definition) is 1. The molecule has 1 aromatic carbocycles. The summed E-state index contributed by atoms with van der Waals surface area (Å²) in [6, 6.07) is 13.3. The molecule has 0 aliphatic rings. The van der Waals surface area contributed by atoms with E-state index < -0.39 is 5.41 Å². The van der Waals surface area contributed by atoms with Crippen molar-refractivity contribution in [3.8, 4) is 11.5 Å². The predicted octanol–water partition coefficient (Wildman–Crippen LogP) is 3.04. The second-order valence-corrected chi connectivity index (χ2v) is 5.39. The molecule has 0 fully saturated rings. The van der Waals surface area contributed by atoms with Crippen LogP contribution in [0.1, 0.15) is 25.3 Å². The molecule has 0 amide bonds. The Labute approximate surface area is 122 Å². The molecule has 0 spiro atoms. The molecule has 0 atom stereocenters. The third-order valence-corrected chi connectivity index (χ3v) is 3.49. The van der Waals surface area contributed by atoms with E-state index in [-0.39, 0.29) is 0 Å². The van der Waals surface area contributed by atoms with Crippen LogP contribution in [0.15, 0.2) is 53.2 Å². The quantitative estimate of drug-likeness (QED) is 0.746. The molecule has 2 N–H and O–H groups in total. The zero-order chi connectivity index (χ0) is 14.9. The standard InChI is InChI=1S/C16H16N4O/c1-16(2,11-6-8-12(17)9-7-11)15-19-14(20-21-15)13-5-3-4-10-18-13/h3-10H,17H2,1-2H3. The topological polar surface area (TPSA) is 77.8 Å². The number of pyridine rings is 1. The Hall–Kier alpha value is -2.69. The van der Waals surface area contributed by atoms with E-state index in [9.17, 15) is 0 Å². The average Bonchev–Trinajstić information content (AvgIpc) is 2.99. The maximum Gasteiger partial charge on any atom is 0.237 e. The molecular formula is C16H16N4O. The maximum absolute atomic E-state index is 5.73. The molecule has 5 nitrogen and oxygen atoms in total. The van der Waals surface area contributed by atoms with Crippen LogP contribution in [-0.4, -0.2) is 15.1 Å². The molecule has 5 heteroatoms. The summed E-state index contributed by atoms with van der Waals surface area (Å²) >= 11 is 0. The van der Waals surface area contributed by atoms with Crippen LogP contribution in [0.5, 0.6) is 0 Å². The van der Waals surface area contributed by atoms with Crippen molar-refractivity contribution >= 4 is 5.69 Å². The normalized spacial score (nSPS) is 11.5. The molecule has 0 saturated heterocycles. The highest BCUT2D eigenvalue weighted by molar-refractivity contribution is 5.48. The lowest BCUT2D eigenvalue weighted by molar-refractivity contribution is 0.333.